The average Bonchev–Trinajstić information content (AvgIpc) is 2.94. The van der Waals surface area contributed by atoms with E-state index in [1.54, 1.807) is 12.1 Å². The predicted octanol–water partition coefficient (Wildman–Crippen LogP) is 4.90. The average molecular weight is 530 g/mol. The summed E-state index contributed by atoms with van der Waals surface area (Å²) < 4.78 is 34.6. The second kappa shape index (κ2) is 13.5. The van der Waals surface area contributed by atoms with Crippen LogP contribution in [0.1, 0.15) is 24.0 Å². The van der Waals surface area contributed by atoms with Gasteiger partial charge in [-0.15, -0.1) is 0 Å². The lowest BCUT2D eigenvalue weighted by molar-refractivity contribution is -0.122. The standard InChI is InChI=1S/C30H31N3O4S/c34-30(31-21-11-10-14-24-12-4-1-5-13-24)28(22-25-15-6-2-7-16-25)33-38(35,36)27-19-20-29(32-23-27)37-26-17-8-3-9-18-26/h1-9,12-13,15-20,23,28,33H,10-11,14,21-22H2,(H,31,34). The molecule has 0 saturated carbocycles. The van der Waals surface area contributed by atoms with Crippen LogP contribution in [-0.2, 0) is 27.7 Å². The largest absolute Gasteiger partial charge is 0.439 e. The molecular weight excluding hydrogens is 498 g/mol. The lowest BCUT2D eigenvalue weighted by Gasteiger charge is -2.19. The maximum absolute atomic E-state index is 13.2. The van der Waals surface area contributed by atoms with Gasteiger partial charge in [-0.25, -0.2) is 13.4 Å². The van der Waals surface area contributed by atoms with Gasteiger partial charge < -0.3 is 10.1 Å². The lowest BCUT2D eigenvalue weighted by atomic mass is 10.1. The molecule has 4 rings (SSSR count). The summed E-state index contributed by atoms with van der Waals surface area (Å²) in [6.45, 7) is 0.464. The van der Waals surface area contributed by atoms with Gasteiger partial charge >= 0.3 is 0 Å². The summed E-state index contributed by atoms with van der Waals surface area (Å²) in [6.07, 6.45) is 4.08. The van der Waals surface area contributed by atoms with E-state index in [1.807, 2.05) is 66.7 Å². The highest BCUT2D eigenvalue weighted by Crippen LogP contribution is 2.20. The van der Waals surface area contributed by atoms with Gasteiger partial charge in [-0.3, -0.25) is 4.79 Å². The molecule has 1 atom stereocenters. The van der Waals surface area contributed by atoms with E-state index in [9.17, 15) is 13.2 Å². The fourth-order valence-corrected chi connectivity index (χ4v) is 5.06. The number of unbranched alkanes of at least 4 members (excludes halogenated alkanes) is 1. The van der Waals surface area contributed by atoms with E-state index in [2.05, 4.69) is 27.2 Å². The number of benzene rings is 3. The van der Waals surface area contributed by atoms with Gasteiger partial charge in [0.25, 0.3) is 0 Å². The normalized spacial score (nSPS) is 12.0. The van der Waals surface area contributed by atoms with E-state index >= 15 is 0 Å². The van der Waals surface area contributed by atoms with Crippen molar-refractivity contribution < 1.29 is 17.9 Å². The van der Waals surface area contributed by atoms with Crippen LogP contribution in [0.3, 0.4) is 0 Å². The van der Waals surface area contributed by atoms with Crippen molar-refractivity contribution in [3.8, 4) is 11.6 Å². The van der Waals surface area contributed by atoms with Crippen LogP contribution in [0.25, 0.3) is 0 Å². The molecule has 38 heavy (non-hydrogen) atoms. The zero-order valence-corrected chi connectivity index (χ0v) is 21.8. The summed E-state index contributed by atoms with van der Waals surface area (Å²) in [7, 11) is -4.01. The molecule has 7 nitrogen and oxygen atoms in total. The molecule has 3 aromatic carbocycles. The summed E-state index contributed by atoms with van der Waals surface area (Å²) in [5, 5.41) is 2.90. The van der Waals surface area contributed by atoms with E-state index in [-0.39, 0.29) is 23.1 Å². The smallest absolute Gasteiger partial charge is 0.242 e. The van der Waals surface area contributed by atoms with Crippen molar-refractivity contribution in [1.29, 1.82) is 0 Å². The molecule has 1 unspecified atom stereocenters. The zero-order valence-electron chi connectivity index (χ0n) is 21.0. The van der Waals surface area contributed by atoms with Crippen LogP contribution in [0.2, 0.25) is 0 Å². The number of sulfonamides is 1. The second-order valence-corrected chi connectivity index (χ2v) is 10.6. The number of rotatable bonds is 13. The van der Waals surface area contributed by atoms with Gasteiger partial charge in [0.15, 0.2) is 0 Å². The number of hydrogen-bond acceptors (Lipinski definition) is 5. The highest BCUT2D eigenvalue weighted by atomic mass is 32.2. The number of carbonyl (C=O) groups excluding carboxylic acids is 1. The monoisotopic (exact) mass is 529 g/mol. The highest BCUT2D eigenvalue weighted by molar-refractivity contribution is 7.89. The molecule has 0 spiro atoms. The van der Waals surface area contributed by atoms with E-state index in [0.717, 1.165) is 24.8 Å². The van der Waals surface area contributed by atoms with Crippen molar-refractivity contribution in [2.24, 2.45) is 0 Å². The molecule has 196 valence electrons. The number of pyridine rings is 1. The molecule has 2 N–H and O–H groups in total. The Morgan fingerprint density at radius 3 is 2.05 bits per heavy atom. The Balaban J connectivity index is 1.38. The summed E-state index contributed by atoms with van der Waals surface area (Å²) in [6, 6.07) is 30.5. The number of aromatic nitrogens is 1. The van der Waals surface area contributed by atoms with E-state index in [0.29, 0.717) is 12.3 Å². The number of para-hydroxylation sites is 1. The number of carbonyl (C=O) groups is 1. The molecule has 0 saturated heterocycles. The second-order valence-electron chi connectivity index (χ2n) is 8.84. The summed E-state index contributed by atoms with van der Waals surface area (Å²) >= 11 is 0. The SMILES string of the molecule is O=C(NCCCCc1ccccc1)C(Cc1ccccc1)NS(=O)(=O)c1ccc(Oc2ccccc2)nc1. The van der Waals surface area contributed by atoms with E-state index < -0.39 is 16.1 Å². The third kappa shape index (κ3) is 8.26. The van der Waals surface area contributed by atoms with Crippen LogP contribution < -0.4 is 14.8 Å². The fraction of sp³-hybridized carbons (Fsp3) is 0.200. The van der Waals surface area contributed by atoms with E-state index in [4.69, 9.17) is 4.74 Å². The number of hydrogen-bond donors (Lipinski definition) is 2. The van der Waals surface area contributed by atoms with Crippen LogP contribution in [0.15, 0.2) is 114 Å². The van der Waals surface area contributed by atoms with Gasteiger partial charge in [0, 0.05) is 12.6 Å². The minimum absolute atomic E-state index is 0.0494. The van der Waals surface area contributed by atoms with Gasteiger partial charge in [-0.1, -0.05) is 78.9 Å². The molecule has 0 aliphatic carbocycles. The molecule has 0 fully saturated rings. The number of nitrogens with zero attached hydrogens (tertiary/aromatic N) is 1. The van der Waals surface area contributed by atoms with Crippen molar-refractivity contribution in [1.82, 2.24) is 15.0 Å². The van der Waals surface area contributed by atoms with Crippen molar-refractivity contribution in [3.05, 3.63) is 120 Å². The Bertz CT molecular complexity index is 1380. The van der Waals surface area contributed by atoms with Crippen LogP contribution >= 0.6 is 0 Å². The van der Waals surface area contributed by atoms with Crippen molar-refractivity contribution in [2.75, 3.05) is 6.54 Å². The number of amides is 1. The van der Waals surface area contributed by atoms with Gasteiger partial charge in [0.1, 0.15) is 16.7 Å². The number of aryl methyl sites for hydroxylation is 1. The first kappa shape index (κ1) is 27.0. The third-order valence-electron chi connectivity index (χ3n) is 5.92. The lowest BCUT2D eigenvalue weighted by Crippen LogP contribution is -2.48. The molecule has 1 heterocycles. The van der Waals surface area contributed by atoms with Gasteiger partial charge in [0.05, 0.1) is 6.20 Å². The molecule has 0 radical (unpaired) electrons. The van der Waals surface area contributed by atoms with Crippen LogP contribution in [0.4, 0.5) is 0 Å². The van der Waals surface area contributed by atoms with Gasteiger partial charge in [-0.2, -0.15) is 4.72 Å². The van der Waals surface area contributed by atoms with Crippen molar-refractivity contribution in [2.45, 2.75) is 36.6 Å². The molecule has 1 aromatic heterocycles. The quantitative estimate of drug-likeness (QED) is 0.240. The topological polar surface area (TPSA) is 97.4 Å². The van der Waals surface area contributed by atoms with Crippen molar-refractivity contribution in [3.63, 3.8) is 0 Å². The van der Waals surface area contributed by atoms with Gasteiger partial charge in [0.2, 0.25) is 21.8 Å². The minimum Gasteiger partial charge on any atom is -0.439 e. The summed E-state index contributed by atoms with van der Waals surface area (Å²) in [4.78, 5) is 17.2. The van der Waals surface area contributed by atoms with Crippen LogP contribution in [-0.4, -0.2) is 31.9 Å². The fourth-order valence-electron chi connectivity index (χ4n) is 3.92. The first-order valence-corrected chi connectivity index (χ1v) is 14.0. The summed E-state index contributed by atoms with van der Waals surface area (Å²) in [5.74, 6) is 0.496. The molecule has 0 bridgehead atoms. The Kier molecular flexibility index (Phi) is 9.61. The summed E-state index contributed by atoms with van der Waals surface area (Å²) in [5.41, 5.74) is 2.10. The molecule has 4 aromatic rings. The zero-order chi connectivity index (χ0) is 26.6. The Labute approximate surface area is 224 Å². The molecule has 1 amide bonds. The maximum Gasteiger partial charge on any atom is 0.242 e. The number of nitrogens with one attached hydrogen (secondary N) is 2. The minimum atomic E-state index is -4.01. The van der Waals surface area contributed by atoms with Crippen LogP contribution in [0.5, 0.6) is 11.6 Å². The molecule has 0 aliphatic rings. The predicted molar refractivity (Wildman–Crippen MR) is 147 cm³/mol. The third-order valence-corrected chi connectivity index (χ3v) is 7.37. The molecule has 0 aliphatic heterocycles. The molecule has 8 heteroatoms. The Morgan fingerprint density at radius 2 is 1.42 bits per heavy atom. The first-order chi connectivity index (χ1) is 18.5. The highest BCUT2D eigenvalue weighted by Gasteiger charge is 2.26. The number of ether oxygens (including phenoxy) is 1. The maximum atomic E-state index is 13.2. The van der Waals surface area contributed by atoms with Gasteiger partial charge in [-0.05, 0) is 55.0 Å². The van der Waals surface area contributed by atoms with Crippen molar-refractivity contribution >= 4 is 15.9 Å². The van der Waals surface area contributed by atoms with E-state index in [1.165, 1.54) is 23.9 Å². The first-order valence-electron chi connectivity index (χ1n) is 12.6. The van der Waals surface area contributed by atoms with Crippen LogP contribution in [0, 0.1) is 0 Å². The molecular formula is C30H31N3O4S. The Morgan fingerprint density at radius 1 is 0.789 bits per heavy atom. The Hall–Kier alpha value is -4.01.